The molecule has 0 fully saturated rings. The van der Waals surface area contributed by atoms with Gasteiger partial charge in [-0.2, -0.15) is 0 Å². The number of nitrogens with two attached hydrogens (primary N) is 1. The molecule has 2 heteroatoms. The van der Waals surface area contributed by atoms with E-state index in [1.165, 1.54) is 11.1 Å². The number of ketones is 1. The minimum atomic E-state index is -0.296. The summed E-state index contributed by atoms with van der Waals surface area (Å²) in [6, 6.07) is 5.92. The van der Waals surface area contributed by atoms with Gasteiger partial charge in [-0.15, -0.1) is 0 Å². The summed E-state index contributed by atoms with van der Waals surface area (Å²) in [5.74, 6) is 0.159. The summed E-state index contributed by atoms with van der Waals surface area (Å²) in [6.45, 7) is 6.20. The van der Waals surface area contributed by atoms with Crippen LogP contribution in [0.5, 0.6) is 0 Å². The number of hydrogen-bond donors (Lipinski definition) is 1. The Hall–Kier alpha value is -1.15. The molecule has 1 aromatic rings. The Balaban J connectivity index is 2.64. The maximum absolute atomic E-state index is 12.0. The molecule has 1 aromatic carbocycles. The van der Waals surface area contributed by atoms with E-state index in [0.717, 1.165) is 24.8 Å². The number of rotatable bonds is 6. The van der Waals surface area contributed by atoms with Crippen LogP contribution in [0.1, 0.15) is 42.9 Å². The first-order valence-corrected chi connectivity index (χ1v) is 6.39. The first-order chi connectivity index (χ1) is 8.04. The van der Waals surface area contributed by atoms with Crippen LogP contribution >= 0.6 is 0 Å². The number of aryl methyl sites for hydroxylation is 2. The highest BCUT2D eigenvalue weighted by Crippen LogP contribution is 2.13. The lowest BCUT2D eigenvalue weighted by molar-refractivity contribution is -0.119. The van der Waals surface area contributed by atoms with Crippen molar-refractivity contribution in [2.45, 2.75) is 52.5 Å². The summed E-state index contributed by atoms with van der Waals surface area (Å²) in [5, 5.41) is 0. The second-order valence-electron chi connectivity index (χ2n) is 4.82. The molecule has 0 aromatic heterocycles. The fourth-order valence-corrected chi connectivity index (χ4v) is 1.89. The zero-order chi connectivity index (χ0) is 12.8. The van der Waals surface area contributed by atoms with Crippen LogP contribution < -0.4 is 5.73 Å². The van der Waals surface area contributed by atoms with Crippen molar-refractivity contribution in [1.82, 2.24) is 0 Å². The van der Waals surface area contributed by atoms with E-state index in [1.54, 1.807) is 0 Å². The molecule has 0 aliphatic rings. The second kappa shape index (κ2) is 6.55. The molecular weight excluding hydrogens is 210 g/mol. The molecule has 94 valence electrons. The molecule has 2 nitrogen and oxygen atoms in total. The first-order valence-electron chi connectivity index (χ1n) is 6.39. The maximum Gasteiger partial charge on any atom is 0.153 e. The van der Waals surface area contributed by atoms with Crippen molar-refractivity contribution in [3.63, 3.8) is 0 Å². The Morgan fingerprint density at radius 2 is 2.06 bits per heavy atom. The Morgan fingerprint density at radius 3 is 2.71 bits per heavy atom. The summed E-state index contributed by atoms with van der Waals surface area (Å²) < 4.78 is 0. The molecule has 1 rings (SSSR count). The van der Waals surface area contributed by atoms with E-state index in [9.17, 15) is 4.79 Å². The van der Waals surface area contributed by atoms with Crippen molar-refractivity contribution in [3.8, 4) is 0 Å². The van der Waals surface area contributed by atoms with Gasteiger partial charge in [0.1, 0.15) is 0 Å². The number of carbonyl (C=O) groups is 1. The predicted molar refractivity (Wildman–Crippen MR) is 72.1 cm³/mol. The lowest BCUT2D eigenvalue weighted by atomic mass is 9.96. The van der Waals surface area contributed by atoms with E-state index in [4.69, 9.17) is 5.73 Å². The Labute approximate surface area is 104 Å². The van der Waals surface area contributed by atoms with Crippen molar-refractivity contribution >= 4 is 5.78 Å². The molecule has 0 aliphatic carbocycles. The third-order valence-electron chi connectivity index (χ3n) is 3.15. The highest BCUT2D eigenvalue weighted by molar-refractivity contribution is 5.86. The zero-order valence-electron chi connectivity index (χ0n) is 11.1. The Morgan fingerprint density at radius 1 is 1.35 bits per heavy atom. The van der Waals surface area contributed by atoms with Crippen LogP contribution in [0.15, 0.2) is 18.2 Å². The minimum absolute atomic E-state index is 0.159. The average molecular weight is 233 g/mol. The van der Waals surface area contributed by atoms with E-state index in [-0.39, 0.29) is 11.8 Å². The monoisotopic (exact) mass is 233 g/mol. The van der Waals surface area contributed by atoms with Gasteiger partial charge < -0.3 is 5.73 Å². The summed E-state index contributed by atoms with van der Waals surface area (Å²) in [6.07, 6.45) is 3.39. The van der Waals surface area contributed by atoms with Crippen LogP contribution in [0.4, 0.5) is 0 Å². The molecule has 0 saturated heterocycles. The smallest absolute Gasteiger partial charge is 0.153 e. The van der Waals surface area contributed by atoms with Gasteiger partial charge in [0, 0.05) is 6.42 Å². The van der Waals surface area contributed by atoms with Gasteiger partial charge in [0.15, 0.2) is 5.78 Å². The van der Waals surface area contributed by atoms with Crippen molar-refractivity contribution in [1.29, 1.82) is 0 Å². The lowest BCUT2D eigenvalue weighted by Crippen LogP contribution is -2.31. The van der Waals surface area contributed by atoms with Gasteiger partial charge in [0.2, 0.25) is 0 Å². The van der Waals surface area contributed by atoms with Gasteiger partial charge in [-0.3, -0.25) is 4.79 Å². The van der Waals surface area contributed by atoms with Crippen molar-refractivity contribution < 1.29 is 4.79 Å². The lowest BCUT2D eigenvalue weighted by Gasteiger charge is -2.11. The average Bonchev–Trinajstić information content (AvgIpc) is 2.30. The fourth-order valence-electron chi connectivity index (χ4n) is 1.89. The number of Topliss-reactive ketones (excluding diaryl/α,β-unsaturated/α-hetero) is 1. The molecular formula is C15H23NO. The van der Waals surface area contributed by atoms with Crippen LogP contribution in [0.3, 0.4) is 0 Å². The van der Waals surface area contributed by atoms with Crippen LogP contribution in [0, 0.1) is 13.8 Å². The standard InChI is InChI=1S/C15H23NO/c1-4-5-6-14(16)15(17)10-13-9-11(2)7-8-12(13)3/h7-9,14H,4-6,10,16H2,1-3H3. The zero-order valence-corrected chi connectivity index (χ0v) is 11.1. The van der Waals surface area contributed by atoms with E-state index in [1.807, 2.05) is 13.8 Å². The third kappa shape index (κ3) is 4.31. The number of carbonyl (C=O) groups excluding carboxylic acids is 1. The second-order valence-corrected chi connectivity index (χ2v) is 4.82. The SMILES string of the molecule is CCCCC(N)C(=O)Cc1cc(C)ccc1C. The third-order valence-corrected chi connectivity index (χ3v) is 3.15. The van der Waals surface area contributed by atoms with Gasteiger partial charge in [-0.05, 0) is 31.4 Å². The molecule has 0 bridgehead atoms. The van der Waals surface area contributed by atoms with Crippen LogP contribution in [-0.2, 0) is 11.2 Å². The predicted octanol–water partition coefficient (Wildman–Crippen LogP) is 2.93. The van der Waals surface area contributed by atoms with Gasteiger partial charge in [0.05, 0.1) is 6.04 Å². The topological polar surface area (TPSA) is 43.1 Å². The van der Waals surface area contributed by atoms with Gasteiger partial charge in [-0.1, -0.05) is 43.5 Å². The van der Waals surface area contributed by atoms with E-state index in [2.05, 4.69) is 25.1 Å². The summed E-state index contributed by atoms with van der Waals surface area (Å²) >= 11 is 0. The highest BCUT2D eigenvalue weighted by Gasteiger charge is 2.14. The fraction of sp³-hybridized carbons (Fsp3) is 0.533. The number of benzene rings is 1. The van der Waals surface area contributed by atoms with Crippen LogP contribution in [0.25, 0.3) is 0 Å². The van der Waals surface area contributed by atoms with Gasteiger partial charge in [0.25, 0.3) is 0 Å². The Bertz CT molecular complexity index is 385. The molecule has 0 spiro atoms. The largest absolute Gasteiger partial charge is 0.321 e. The summed E-state index contributed by atoms with van der Waals surface area (Å²) in [4.78, 5) is 12.0. The molecule has 1 unspecified atom stereocenters. The van der Waals surface area contributed by atoms with E-state index in [0.29, 0.717) is 6.42 Å². The number of hydrogen-bond acceptors (Lipinski definition) is 2. The highest BCUT2D eigenvalue weighted by atomic mass is 16.1. The van der Waals surface area contributed by atoms with Crippen molar-refractivity contribution in [3.05, 3.63) is 34.9 Å². The van der Waals surface area contributed by atoms with Crippen molar-refractivity contribution in [2.24, 2.45) is 5.73 Å². The molecule has 0 amide bonds. The molecule has 17 heavy (non-hydrogen) atoms. The maximum atomic E-state index is 12.0. The molecule has 2 N–H and O–H groups in total. The summed E-state index contributed by atoms with van der Waals surface area (Å²) in [5.41, 5.74) is 9.37. The van der Waals surface area contributed by atoms with Crippen molar-refractivity contribution in [2.75, 3.05) is 0 Å². The van der Waals surface area contributed by atoms with Crippen LogP contribution in [-0.4, -0.2) is 11.8 Å². The Kier molecular flexibility index (Phi) is 5.36. The number of unbranched alkanes of at least 4 members (excludes halogenated alkanes) is 1. The first kappa shape index (κ1) is 13.9. The quantitative estimate of drug-likeness (QED) is 0.821. The minimum Gasteiger partial charge on any atom is -0.321 e. The van der Waals surface area contributed by atoms with E-state index < -0.39 is 0 Å². The molecule has 0 aliphatic heterocycles. The van der Waals surface area contributed by atoms with E-state index >= 15 is 0 Å². The summed E-state index contributed by atoms with van der Waals surface area (Å²) in [7, 11) is 0. The van der Waals surface area contributed by atoms with Gasteiger partial charge in [-0.25, -0.2) is 0 Å². The molecule has 0 heterocycles. The molecule has 1 atom stereocenters. The molecule has 0 radical (unpaired) electrons. The molecule has 0 saturated carbocycles. The van der Waals surface area contributed by atoms with Gasteiger partial charge >= 0.3 is 0 Å². The normalized spacial score (nSPS) is 12.5. The van der Waals surface area contributed by atoms with Crippen LogP contribution in [0.2, 0.25) is 0 Å².